The second-order valence-electron chi connectivity index (χ2n) is 7.74. The van der Waals surface area contributed by atoms with Crippen molar-refractivity contribution in [1.29, 1.82) is 0 Å². The molecule has 5 nitrogen and oxygen atoms in total. The number of hydrogen-bond acceptors (Lipinski definition) is 6. The standard InChI is InChI=1S/C24H26N4OS2/c1-14(2)30-23-22(18-8-7-9-20(12-18)29-6)26-24(31-23)28-13-21(17(5)27-28)19-10-15(3)25-16(4)11-19/h7-14H,1-6H3. The van der Waals surface area contributed by atoms with E-state index in [9.17, 15) is 0 Å². The molecule has 7 heteroatoms. The quantitative estimate of drug-likeness (QED) is 0.314. The van der Waals surface area contributed by atoms with Gasteiger partial charge in [-0.2, -0.15) is 5.10 Å². The lowest BCUT2D eigenvalue weighted by atomic mass is 10.1. The fourth-order valence-corrected chi connectivity index (χ4v) is 5.92. The Hall–Kier alpha value is -2.64. The van der Waals surface area contributed by atoms with E-state index >= 15 is 0 Å². The number of thioether (sulfide) groups is 1. The Morgan fingerprint density at radius 3 is 2.42 bits per heavy atom. The largest absolute Gasteiger partial charge is 0.497 e. The van der Waals surface area contributed by atoms with E-state index in [-0.39, 0.29) is 0 Å². The Morgan fingerprint density at radius 1 is 1.00 bits per heavy atom. The van der Waals surface area contributed by atoms with Gasteiger partial charge in [0.25, 0.3) is 0 Å². The molecule has 0 unspecified atom stereocenters. The minimum atomic E-state index is 0.454. The SMILES string of the molecule is COc1cccc(-c2nc(-n3cc(-c4cc(C)nc(C)c4)c(C)n3)sc2SC(C)C)c1. The smallest absolute Gasteiger partial charge is 0.211 e. The van der Waals surface area contributed by atoms with Crippen LogP contribution in [0.4, 0.5) is 0 Å². The average molecular weight is 451 g/mol. The molecular formula is C24H26N4OS2. The first-order chi connectivity index (χ1) is 14.8. The van der Waals surface area contributed by atoms with Gasteiger partial charge < -0.3 is 4.74 Å². The maximum absolute atomic E-state index is 5.42. The zero-order valence-electron chi connectivity index (χ0n) is 18.6. The molecule has 0 amide bonds. The van der Waals surface area contributed by atoms with Crippen molar-refractivity contribution in [3.63, 3.8) is 0 Å². The molecule has 0 aliphatic rings. The van der Waals surface area contributed by atoms with Gasteiger partial charge in [0.1, 0.15) is 5.75 Å². The van der Waals surface area contributed by atoms with Crippen LogP contribution in [-0.2, 0) is 0 Å². The third-order valence-electron chi connectivity index (χ3n) is 4.76. The third-order valence-corrected chi connectivity index (χ3v) is 7.02. The molecule has 0 fully saturated rings. The summed E-state index contributed by atoms with van der Waals surface area (Å²) in [7, 11) is 1.69. The topological polar surface area (TPSA) is 52.8 Å². The van der Waals surface area contributed by atoms with Crippen molar-refractivity contribution < 1.29 is 4.74 Å². The number of rotatable bonds is 6. The minimum Gasteiger partial charge on any atom is -0.497 e. The van der Waals surface area contributed by atoms with Crippen LogP contribution < -0.4 is 4.74 Å². The zero-order chi connectivity index (χ0) is 22.1. The molecule has 0 aliphatic carbocycles. The van der Waals surface area contributed by atoms with Crippen molar-refractivity contribution in [1.82, 2.24) is 19.7 Å². The van der Waals surface area contributed by atoms with Crippen molar-refractivity contribution in [3.8, 4) is 33.3 Å². The van der Waals surface area contributed by atoms with Crippen molar-refractivity contribution in [3.05, 3.63) is 59.7 Å². The van der Waals surface area contributed by atoms with Gasteiger partial charge in [-0.05, 0) is 50.6 Å². The highest BCUT2D eigenvalue weighted by atomic mass is 32.2. The number of benzene rings is 1. The van der Waals surface area contributed by atoms with E-state index in [1.807, 2.05) is 55.4 Å². The molecule has 4 rings (SSSR count). The molecule has 1 aromatic carbocycles. The second-order valence-corrected chi connectivity index (χ2v) is 10.6. The number of ether oxygens (including phenoxy) is 1. The number of aromatic nitrogens is 4. The van der Waals surface area contributed by atoms with Crippen LogP contribution in [0.5, 0.6) is 5.75 Å². The van der Waals surface area contributed by atoms with Gasteiger partial charge in [0.2, 0.25) is 5.13 Å². The van der Waals surface area contributed by atoms with Gasteiger partial charge in [0, 0.05) is 34.0 Å². The van der Waals surface area contributed by atoms with Gasteiger partial charge >= 0.3 is 0 Å². The lowest BCUT2D eigenvalue weighted by molar-refractivity contribution is 0.415. The molecule has 0 spiro atoms. The fourth-order valence-electron chi connectivity index (χ4n) is 3.47. The molecule has 0 aliphatic heterocycles. The molecule has 160 valence electrons. The predicted molar refractivity (Wildman–Crippen MR) is 130 cm³/mol. The number of pyridine rings is 1. The molecule has 0 atom stereocenters. The van der Waals surface area contributed by atoms with Crippen LogP contribution in [0.2, 0.25) is 0 Å². The van der Waals surface area contributed by atoms with Crippen LogP contribution >= 0.6 is 23.1 Å². The Bertz CT molecular complexity index is 1210. The predicted octanol–water partition coefficient (Wildman–Crippen LogP) is 6.49. The van der Waals surface area contributed by atoms with Gasteiger partial charge in [-0.3, -0.25) is 4.98 Å². The number of hydrogen-bond donors (Lipinski definition) is 0. The maximum atomic E-state index is 5.42. The number of nitrogens with zero attached hydrogens (tertiary/aromatic N) is 4. The van der Waals surface area contributed by atoms with E-state index in [4.69, 9.17) is 14.8 Å². The van der Waals surface area contributed by atoms with Gasteiger partial charge in [0.05, 0.1) is 22.7 Å². The molecule has 0 bridgehead atoms. The van der Waals surface area contributed by atoms with E-state index in [1.165, 1.54) is 4.21 Å². The van der Waals surface area contributed by atoms with Crippen LogP contribution in [0.15, 0.2) is 46.8 Å². The molecule has 3 heterocycles. The molecule has 0 saturated carbocycles. The molecule has 31 heavy (non-hydrogen) atoms. The summed E-state index contributed by atoms with van der Waals surface area (Å²) in [6.45, 7) is 10.5. The third kappa shape index (κ3) is 4.67. The summed E-state index contributed by atoms with van der Waals surface area (Å²) in [6.07, 6.45) is 2.07. The first-order valence-corrected chi connectivity index (χ1v) is 11.9. The number of aryl methyl sites for hydroxylation is 3. The summed E-state index contributed by atoms with van der Waals surface area (Å²) in [5, 5.41) is 6.10. The lowest BCUT2D eigenvalue weighted by Crippen LogP contribution is -1.94. The van der Waals surface area contributed by atoms with Gasteiger partial charge in [-0.25, -0.2) is 9.67 Å². The molecule has 0 saturated heterocycles. The van der Waals surface area contributed by atoms with Crippen LogP contribution in [0.1, 0.15) is 30.9 Å². The molecular weight excluding hydrogens is 424 g/mol. The molecule has 0 N–H and O–H groups in total. The monoisotopic (exact) mass is 450 g/mol. The highest BCUT2D eigenvalue weighted by molar-refractivity contribution is 8.01. The highest BCUT2D eigenvalue weighted by Crippen LogP contribution is 2.40. The van der Waals surface area contributed by atoms with E-state index < -0.39 is 0 Å². The average Bonchev–Trinajstić information content (AvgIpc) is 3.30. The Labute approximate surface area is 191 Å². The van der Waals surface area contributed by atoms with E-state index in [0.29, 0.717) is 5.25 Å². The van der Waals surface area contributed by atoms with Crippen molar-refractivity contribution >= 4 is 23.1 Å². The highest BCUT2D eigenvalue weighted by Gasteiger charge is 2.19. The maximum Gasteiger partial charge on any atom is 0.211 e. The zero-order valence-corrected chi connectivity index (χ0v) is 20.3. The summed E-state index contributed by atoms with van der Waals surface area (Å²) in [5.74, 6) is 0.827. The van der Waals surface area contributed by atoms with Crippen LogP contribution in [0, 0.1) is 20.8 Å². The van der Waals surface area contributed by atoms with Crippen LogP contribution in [0.3, 0.4) is 0 Å². The molecule has 0 radical (unpaired) electrons. The number of thiazole rings is 1. The Kier molecular flexibility index (Phi) is 6.16. The van der Waals surface area contributed by atoms with E-state index in [2.05, 4.69) is 43.2 Å². The van der Waals surface area contributed by atoms with Crippen molar-refractivity contribution in [2.75, 3.05) is 7.11 Å². The first kappa shape index (κ1) is 21.6. The van der Waals surface area contributed by atoms with E-state index in [0.717, 1.165) is 50.3 Å². The summed E-state index contributed by atoms with van der Waals surface area (Å²) >= 11 is 3.50. The first-order valence-electron chi connectivity index (χ1n) is 10.2. The van der Waals surface area contributed by atoms with Gasteiger partial charge in [0.15, 0.2) is 0 Å². The minimum absolute atomic E-state index is 0.454. The van der Waals surface area contributed by atoms with Crippen molar-refractivity contribution in [2.24, 2.45) is 0 Å². The summed E-state index contributed by atoms with van der Waals surface area (Å²) in [4.78, 5) is 9.49. The summed E-state index contributed by atoms with van der Waals surface area (Å²) in [6, 6.07) is 12.3. The van der Waals surface area contributed by atoms with Crippen LogP contribution in [-0.4, -0.2) is 32.1 Å². The molecule has 3 aromatic heterocycles. The van der Waals surface area contributed by atoms with Crippen LogP contribution in [0.25, 0.3) is 27.5 Å². The summed E-state index contributed by atoms with van der Waals surface area (Å²) < 4.78 is 8.50. The lowest BCUT2D eigenvalue weighted by Gasteiger charge is -2.06. The second kappa shape index (κ2) is 8.85. The number of methoxy groups -OCH3 is 1. The van der Waals surface area contributed by atoms with Gasteiger partial charge in [-0.15, -0.1) is 11.8 Å². The van der Waals surface area contributed by atoms with Crippen molar-refractivity contribution in [2.45, 2.75) is 44.1 Å². The normalized spacial score (nSPS) is 11.3. The Balaban J connectivity index is 1.79. The Morgan fingerprint density at radius 2 is 1.74 bits per heavy atom. The molecule has 4 aromatic rings. The summed E-state index contributed by atoms with van der Waals surface area (Å²) in [5.41, 5.74) is 7.25. The van der Waals surface area contributed by atoms with E-state index in [1.54, 1.807) is 18.4 Å². The van der Waals surface area contributed by atoms with Gasteiger partial charge in [-0.1, -0.05) is 37.3 Å². The fraction of sp³-hybridized carbons (Fsp3) is 0.292.